The fraction of sp³-hybridized carbons (Fsp3) is 0.179. The minimum absolute atomic E-state index is 0.0194. The van der Waals surface area contributed by atoms with Gasteiger partial charge < -0.3 is 10.6 Å². The van der Waals surface area contributed by atoms with Gasteiger partial charge in [-0.25, -0.2) is 0 Å². The Balaban J connectivity index is 1.43. The first-order chi connectivity index (χ1) is 17.0. The summed E-state index contributed by atoms with van der Waals surface area (Å²) < 4.78 is 1.90. The lowest BCUT2D eigenvalue weighted by Gasteiger charge is -2.08. The second-order valence-electron chi connectivity index (χ2n) is 8.51. The van der Waals surface area contributed by atoms with Crippen LogP contribution in [-0.4, -0.2) is 27.6 Å². The Bertz CT molecular complexity index is 1290. The van der Waals surface area contributed by atoms with Crippen molar-refractivity contribution >= 4 is 34.9 Å². The number of amides is 2. The quantitative estimate of drug-likeness (QED) is 0.313. The van der Waals surface area contributed by atoms with Crippen LogP contribution in [0, 0.1) is 0 Å². The van der Waals surface area contributed by atoms with Crippen LogP contribution in [0.4, 0.5) is 5.69 Å². The first-order valence-electron chi connectivity index (χ1n) is 11.5. The van der Waals surface area contributed by atoms with E-state index in [1.807, 2.05) is 72.6 Å². The van der Waals surface area contributed by atoms with E-state index < -0.39 is 0 Å². The number of aromatic nitrogens is 2. The zero-order valence-electron chi connectivity index (χ0n) is 19.8. The van der Waals surface area contributed by atoms with Crippen LogP contribution in [0.2, 0.25) is 0 Å². The summed E-state index contributed by atoms with van der Waals surface area (Å²) in [6.45, 7) is 4.52. The van der Waals surface area contributed by atoms with Gasteiger partial charge in [-0.05, 0) is 54.6 Å². The van der Waals surface area contributed by atoms with Gasteiger partial charge in [-0.2, -0.15) is 5.10 Å². The predicted octanol–water partition coefficient (Wildman–Crippen LogP) is 5.38. The number of hydrogen-bond donors (Lipinski definition) is 2. The van der Waals surface area contributed by atoms with Crippen molar-refractivity contribution in [1.82, 2.24) is 15.1 Å². The Morgan fingerprint density at radius 3 is 2.46 bits per heavy atom. The summed E-state index contributed by atoms with van der Waals surface area (Å²) in [6.07, 6.45) is 5.59. The van der Waals surface area contributed by atoms with Gasteiger partial charge in [0.15, 0.2) is 0 Å². The van der Waals surface area contributed by atoms with E-state index >= 15 is 0 Å². The zero-order chi connectivity index (χ0) is 24.6. The highest BCUT2D eigenvalue weighted by Crippen LogP contribution is 2.28. The molecule has 178 valence electrons. The normalized spacial score (nSPS) is 11.2. The molecular weight excluding hydrogens is 456 g/mol. The molecule has 0 aliphatic heterocycles. The first kappa shape index (κ1) is 24.2. The summed E-state index contributed by atoms with van der Waals surface area (Å²) in [4.78, 5) is 25.6. The minimum atomic E-state index is -0.233. The van der Waals surface area contributed by atoms with Crippen molar-refractivity contribution < 1.29 is 9.59 Å². The molecule has 0 bridgehead atoms. The SMILES string of the molecule is CC(C)NC(=O)Cc1ccc(NC(=O)/C=C/c2cn(Cc3ccccc3)nc2-c2cccs2)cc1. The second-order valence-corrected chi connectivity index (χ2v) is 9.46. The number of nitrogens with one attached hydrogen (secondary N) is 2. The van der Waals surface area contributed by atoms with Crippen LogP contribution < -0.4 is 10.6 Å². The molecule has 0 aliphatic carbocycles. The molecule has 0 saturated heterocycles. The van der Waals surface area contributed by atoms with Gasteiger partial charge in [-0.1, -0.05) is 48.5 Å². The Morgan fingerprint density at radius 2 is 1.77 bits per heavy atom. The fourth-order valence-corrected chi connectivity index (χ4v) is 4.36. The third kappa shape index (κ3) is 7.01. The molecule has 0 fully saturated rings. The summed E-state index contributed by atoms with van der Waals surface area (Å²) >= 11 is 1.62. The summed E-state index contributed by atoms with van der Waals surface area (Å²) in [5.41, 5.74) is 4.45. The smallest absolute Gasteiger partial charge is 0.248 e. The van der Waals surface area contributed by atoms with E-state index in [0.29, 0.717) is 18.7 Å². The summed E-state index contributed by atoms with van der Waals surface area (Å²) in [5, 5.41) is 12.5. The van der Waals surface area contributed by atoms with Gasteiger partial charge in [-0.15, -0.1) is 11.3 Å². The van der Waals surface area contributed by atoms with Crippen LogP contribution in [0.3, 0.4) is 0 Å². The number of nitrogens with zero attached hydrogens (tertiary/aromatic N) is 2. The second kappa shape index (κ2) is 11.4. The Morgan fingerprint density at radius 1 is 1.00 bits per heavy atom. The topological polar surface area (TPSA) is 76.0 Å². The van der Waals surface area contributed by atoms with Gasteiger partial charge in [-0.3, -0.25) is 14.3 Å². The largest absolute Gasteiger partial charge is 0.354 e. The van der Waals surface area contributed by atoms with Crippen molar-refractivity contribution in [2.24, 2.45) is 0 Å². The molecule has 0 radical (unpaired) electrons. The molecular formula is C28H28N4O2S. The van der Waals surface area contributed by atoms with Crippen molar-refractivity contribution in [2.45, 2.75) is 32.9 Å². The molecule has 4 rings (SSSR count). The Kier molecular flexibility index (Phi) is 7.90. The lowest BCUT2D eigenvalue weighted by atomic mass is 10.1. The summed E-state index contributed by atoms with van der Waals surface area (Å²) in [6, 6.07) is 21.6. The number of carbonyl (C=O) groups excluding carboxylic acids is 2. The van der Waals surface area contributed by atoms with Crippen LogP contribution in [0.25, 0.3) is 16.6 Å². The molecule has 2 amide bonds. The van der Waals surface area contributed by atoms with Gasteiger partial charge in [0.1, 0.15) is 5.69 Å². The van der Waals surface area contributed by atoms with E-state index in [2.05, 4.69) is 22.8 Å². The molecule has 4 aromatic rings. The Labute approximate surface area is 209 Å². The van der Waals surface area contributed by atoms with Gasteiger partial charge in [0.05, 0.1) is 17.8 Å². The van der Waals surface area contributed by atoms with Gasteiger partial charge in [0, 0.05) is 29.6 Å². The Hall–Kier alpha value is -3.97. The number of benzene rings is 2. The third-order valence-corrected chi connectivity index (χ3v) is 6.06. The molecule has 35 heavy (non-hydrogen) atoms. The van der Waals surface area contributed by atoms with Crippen LogP contribution in [0.5, 0.6) is 0 Å². The van der Waals surface area contributed by atoms with E-state index in [1.165, 1.54) is 6.08 Å². The van der Waals surface area contributed by atoms with Crippen LogP contribution in [0.15, 0.2) is 84.4 Å². The van der Waals surface area contributed by atoms with Crippen molar-refractivity contribution in [3.63, 3.8) is 0 Å². The van der Waals surface area contributed by atoms with Crippen molar-refractivity contribution in [1.29, 1.82) is 0 Å². The lowest BCUT2D eigenvalue weighted by molar-refractivity contribution is -0.121. The average Bonchev–Trinajstić information content (AvgIpc) is 3.49. The highest BCUT2D eigenvalue weighted by Gasteiger charge is 2.11. The number of anilines is 1. The molecule has 2 aromatic heterocycles. The van der Waals surface area contributed by atoms with Crippen LogP contribution in [-0.2, 0) is 22.6 Å². The van der Waals surface area contributed by atoms with Gasteiger partial charge in [0.2, 0.25) is 11.8 Å². The van der Waals surface area contributed by atoms with E-state index in [1.54, 1.807) is 29.5 Å². The van der Waals surface area contributed by atoms with E-state index in [-0.39, 0.29) is 17.9 Å². The van der Waals surface area contributed by atoms with Crippen LogP contribution >= 0.6 is 11.3 Å². The van der Waals surface area contributed by atoms with E-state index in [4.69, 9.17) is 5.10 Å². The minimum Gasteiger partial charge on any atom is -0.354 e. The van der Waals surface area contributed by atoms with Crippen LogP contribution in [0.1, 0.15) is 30.5 Å². The molecule has 0 saturated carbocycles. The number of rotatable bonds is 9. The van der Waals surface area contributed by atoms with E-state index in [9.17, 15) is 9.59 Å². The molecule has 7 heteroatoms. The standard InChI is InChI=1S/C28H28N4O2S/c1-20(2)29-27(34)17-21-10-13-24(14-11-21)30-26(33)15-12-23-19-32(18-22-7-4-3-5-8-22)31-28(23)25-9-6-16-35-25/h3-16,19-20H,17-18H2,1-2H3,(H,29,34)(H,30,33)/b15-12+. The number of thiophene rings is 1. The van der Waals surface area contributed by atoms with Crippen molar-refractivity contribution in [2.75, 3.05) is 5.32 Å². The molecule has 0 spiro atoms. The molecule has 6 nitrogen and oxygen atoms in total. The zero-order valence-corrected chi connectivity index (χ0v) is 20.6. The molecule has 0 unspecified atom stereocenters. The average molecular weight is 485 g/mol. The highest BCUT2D eigenvalue weighted by atomic mass is 32.1. The maximum atomic E-state index is 12.6. The maximum absolute atomic E-state index is 12.6. The van der Waals surface area contributed by atoms with Crippen molar-refractivity contribution in [3.05, 3.63) is 101 Å². The fourth-order valence-electron chi connectivity index (χ4n) is 3.63. The molecule has 2 heterocycles. The molecule has 0 atom stereocenters. The number of carbonyl (C=O) groups is 2. The summed E-state index contributed by atoms with van der Waals surface area (Å²) in [7, 11) is 0. The molecule has 2 N–H and O–H groups in total. The van der Waals surface area contributed by atoms with E-state index in [0.717, 1.165) is 27.3 Å². The third-order valence-electron chi connectivity index (χ3n) is 5.18. The van der Waals surface area contributed by atoms with Gasteiger partial charge >= 0.3 is 0 Å². The lowest BCUT2D eigenvalue weighted by Crippen LogP contribution is -2.31. The monoisotopic (exact) mass is 484 g/mol. The molecule has 0 aliphatic rings. The first-order valence-corrected chi connectivity index (χ1v) is 12.4. The predicted molar refractivity (Wildman–Crippen MR) is 142 cm³/mol. The summed E-state index contributed by atoms with van der Waals surface area (Å²) in [5.74, 6) is -0.252. The highest BCUT2D eigenvalue weighted by molar-refractivity contribution is 7.13. The maximum Gasteiger partial charge on any atom is 0.248 e. The number of hydrogen-bond acceptors (Lipinski definition) is 4. The molecule has 2 aromatic carbocycles. The van der Waals surface area contributed by atoms with Crippen molar-refractivity contribution in [3.8, 4) is 10.6 Å². The van der Waals surface area contributed by atoms with Gasteiger partial charge in [0.25, 0.3) is 0 Å².